The minimum Gasteiger partial charge on any atom is -0.484 e. The van der Waals surface area contributed by atoms with Gasteiger partial charge in [0.15, 0.2) is 12.7 Å². The molecule has 1 atom stereocenters. The first kappa shape index (κ1) is 20.4. The highest BCUT2D eigenvalue weighted by atomic mass is 79.9. The predicted octanol–water partition coefficient (Wildman–Crippen LogP) is 2.55. The lowest BCUT2D eigenvalue weighted by Gasteiger charge is -2.15. The number of carbonyl (C=O) groups is 2. The second kappa shape index (κ2) is 9.24. The summed E-state index contributed by atoms with van der Waals surface area (Å²) >= 11 is 3.32. The van der Waals surface area contributed by atoms with E-state index in [4.69, 9.17) is 13.9 Å². The van der Waals surface area contributed by atoms with Crippen LogP contribution >= 0.6 is 15.9 Å². The van der Waals surface area contributed by atoms with Crippen LogP contribution in [-0.4, -0.2) is 24.5 Å². The molecule has 29 heavy (non-hydrogen) atoms. The van der Waals surface area contributed by atoms with Gasteiger partial charge in [-0.2, -0.15) is 0 Å². The lowest BCUT2D eigenvalue weighted by atomic mass is 10.2. The summed E-state index contributed by atoms with van der Waals surface area (Å²) in [5.41, 5.74) is 4.40. The zero-order valence-electron chi connectivity index (χ0n) is 15.3. The van der Waals surface area contributed by atoms with Gasteiger partial charge in [0, 0.05) is 22.0 Å². The molecule has 8 nitrogen and oxygen atoms in total. The number of amides is 2. The average molecular weight is 461 g/mol. The molecule has 3 aromatic rings. The summed E-state index contributed by atoms with van der Waals surface area (Å²) in [6, 6.07) is 14.9. The normalized spacial score (nSPS) is 11.5. The van der Waals surface area contributed by atoms with Crippen molar-refractivity contribution < 1.29 is 23.5 Å². The van der Waals surface area contributed by atoms with Gasteiger partial charge in [0.2, 0.25) is 0 Å². The highest BCUT2D eigenvalue weighted by molar-refractivity contribution is 9.10. The van der Waals surface area contributed by atoms with Crippen LogP contribution in [0.5, 0.6) is 11.5 Å². The summed E-state index contributed by atoms with van der Waals surface area (Å²) in [6.45, 7) is 1.21. The van der Waals surface area contributed by atoms with E-state index in [0.717, 1.165) is 9.86 Å². The molecule has 0 fully saturated rings. The molecular weight excluding hydrogens is 444 g/mol. The number of hydrazine groups is 1. The van der Waals surface area contributed by atoms with Crippen molar-refractivity contribution >= 4 is 38.7 Å². The van der Waals surface area contributed by atoms with Crippen molar-refractivity contribution in [1.29, 1.82) is 0 Å². The van der Waals surface area contributed by atoms with E-state index < -0.39 is 23.5 Å². The average Bonchev–Trinajstić information content (AvgIpc) is 2.70. The third-order valence-electron chi connectivity index (χ3n) is 3.77. The molecule has 0 spiro atoms. The first-order valence-electron chi connectivity index (χ1n) is 8.58. The molecule has 2 N–H and O–H groups in total. The molecule has 150 valence electrons. The Morgan fingerprint density at radius 1 is 1.07 bits per heavy atom. The Hall–Kier alpha value is -3.33. The molecule has 1 unspecified atom stereocenters. The molecule has 0 aliphatic rings. The standard InChI is InChI=1S/C20H17BrN2O6/c1-12(28-16-4-2-3-14(21)9-16)20(26)23-22-18(24)11-27-15-7-5-13-6-8-19(25)29-17(13)10-15/h2-10,12H,11H2,1H3,(H,22,24)(H,23,26). The molecule has 0 radical (unpaired) electrons. The van der Waals surface area contributed by atoms with E-state index in [0.29, 0.717) is 17.1 Å². The van der Waals surface area contributed by atoms with Crippen molar-refractivity contribution in [3.05, 3.63) is 69.5 Å². The molecule has 3 rings (SSSR count). The van der Waals surface area contributed by atoms with Crippen LogP contribution in [0.3, 0.4) is 0 Å². The molecular formula is C20H17BrN2O6. The van der Waals surface area contributed by atoms with Gasteiger partial charge < -0.3 is 13.9 Å². The van der Waals surface area contributed by atoms with Crippen molar-refractivity contribution in [2.24, 2.45) is 0 Å². The summed E-state index contributed by atoms with van der Waals surface area (Å²) in [4.78, 5) is 35.2. The SMILES string of the molecule is CC(Oc1cccc(Br)c1)C(=O)NNC(=O)COc1ccc2ccc(=O)oc2c1. The van der Waals surface area contributed by atoms with Crippen LogP contribution in [0, 0.1) is 0 Å². The number of ether oxygens (including phenoxy) is 2. The molecule has 2 amide bonds. The van der Waals surface area contributed by atoms with Gasteiger partial charge in [-0.3, -0.25) is 20.4 Å². The third-order valence-corrected chi connectivity index (χ3v) is 4.26. The number of carbonyl (C=O) groups excluding carboxylic acids is 2. The van der Waals surface area contributed by atoms with E-state index in [1.807, 2.05) is 6.07 Å². The highest BCUT2D eigenvalue weighted by Gasteiger charge is 2.15. The Morgan fingerprint density at radius 3 is 2.66 bits per heavy atom. The van der Waals surface area contributed by atoms with Gasteiger partial charge in [0.25, 0.3) is 11.8 Å². The lowest BCUT2D eigenvalue weighted by Crippen LogP contribution is -2.48. The smallest absolute Gasteiger partial charge is 0.336 e. The van der Waals surface area contributed by atoms with E-state index in [2.05, 4.69) is 26.8 Å². The van der Waals surface area contributed by atoms with E-state index in [-0.39, 0.29) is 6.61 Å². The minimum absolute atomic E-state index is 0.344. The number of rotatable bonds is 6. The largest absolute Gasteiger partial charge is 0.484 e. The van der Waals surface area contributed by atoms with E-state index in [1.165, 1.54) is 12.1 Å². The van der Waals surface area contributed by atoms with E-state index in [9.17, 15) is 14.4 Å². The lowest BCUT2D eigenvalue weighted by molar-refractivity contribution is -0.133. The topological polar surface area (TPSA) is 107 Å². The van der Waals surface area contributed by atoms with Crippen molar-refractivity contribution in [1.82, 2.24) is 10.9 Å². The summed E-state index contributed by atoms with van der Waals surface area (Å²) in [5, 5.41) is 0.730. The van der Waals surface area contributed by atoms with Crippen LogP contribution in [0.1, 0.15) is 6.92 Å². The van der Waals surface area contributed by atoms with Gasteiger partial charge in [0.05, 0.1) is 0 Å². The number of hydrogen-bond donors (Lipinski definition) is 2. The Balaban J connectivity index is 1.46. The Morgan fingerprint density at radius 2 is 1.86 bits per heavy atom. The molecule has 0 bridgehead atoms. The van der Waals surface area contributed by atoms with Crippen LogP contribution in [0.4, 0.5) is 0 Å². The molecule has 1 aromatic heterocycles. The number of benzene rings is 2. The van der Waals surface area contributed by atoms with Crippen molar-refractivity contribution in [3.63, 3.8) is 0 Å². The van der Waals surface area contributed by atoms with Gasteiger partial charge in [-0.1, -0.05) is 22.0 Å². The fraction of sp³-hybridized carbons (Fsp3) is 0.150. The summed E-state index contributed by atoms with van der Waals surface area (Å²) in [7, 11) is 0. The van der Waals surface area contributed by atoms with E-state index in [1.54, 1.807) is 43.3 Å². The van der Waals surface area contributed by atoms with Gasteiger partial charge >= 0.3 is 5.63 Å². The highest BCUT2D eigenvalue weighted by Crippen LogP contribution is 2.20. The summed E-state index contributed by atoms with van der Waals surface area (Å²) < 4.78 is 16.7. The molecule has 0 saturated carbocycles. The zero-order valence-corrected chi connectivity index (χ0v) is 16.9. The van der Waals surface area contributed by atoms with Crippen molar-refractivity contribution in [2.45, 2.75) is 13.0 Å². The Kier molecular flexibility index (Phi) is 6.50. The van der Waals surface area contributed by atoms with Crippen LogP contribution in [0.15, 0.2) is 68.3 Å². The second-order valence-electron chi connectivity index (χ2n) is 6.00. The van der Waals surface area contributed by atoms with Crippen LogP contribution in [0.25, 0.3) is 11.0 Å². The predicted molar refractivity (Wildman–Crippen MR) is 108 cm³/mol. The van der Waals surface area contributed by atoms with Crippen molar-refractivity contribution in [2.75, 3.05) is 6.61 Å². The Labute approximate surface area is 173 Å². The van der Waals surface area contributed by atoms with Crippen molar-refractivity contribution in [3.8, 4) is 11.5 Å². The zero-order chi connectivity index (χ0) is 20.8. The maximum Gasteiger partial charge on any atom is 0.336 e. The minimum atomic E-state index is -0.825. The van der Waals surface area contributed by atoms with Crippen LogP contribution < -0.4 is 26.0 Å². The number of nitrogens with one attached hydrogen (secondary N) is 2. The molecule has 9 heteroatoms. The summed E-state index contributed by atoms with van der Waals surface area (Å²) in [6.07, 6.45) is -0.825. The number of halogens is 1. The molecule has 0 aliphatic heterocycles. The first-order chi connectivity index (χ1) is 13.9. The summed E-state index contributed by atoms with van der Waals surface area (Å²) in [5.74, 6) is -0.229. The quantitative estimate of drug-likeness (QED) is 0.432. The number of hydrogen-bond acceptors (Lipinski definition) is 6. The molecule has 0 saturated heterocycles. The van der Waals surface area contributed by atoms with Gasteiger partial charge in [-0.05, 0) is 43.3 Å². The fourth-order valence-corrected chi connectivity index (χ4v) is 2.72. The van der Waals surface area contributed by atoms with Gasteiger partial charge in [-0.25, -0.2) is 4.79 Å². The second-order valence-corrected chi connectivity index (χ2v) is 6.91. The monoisotopic (exact) mass is 460 g/mol. The fourth-order valence-electron chi connectivity index (χ4n) is 2.35. The van der Waals surface area contributed by atoms with Gasteiger partial charge in [0.1, 0.15) is 17.1 Å². The Bertz CT molecular complexity index is 1100. The number of fused-ring (bicyclic) bond motifs is 1. The maximum atomic E-state index is 12.0. The molecule has 2 aromatic carbocycles. The van der Waals surface area contributed by atoms with Crippen LogP contribution in [0.2, 0.25) is 0 Å². The van der Waals surface area contributed by atoms with Crippen LogP contribution in [-0.2, 0) is 9.59 Å². The molecule has 1 heterocycles. The van der Waals surface area contributed by atoms with Gasteiger partial charge in [-0.15, -0.1) is 0 Å². The molecule has 0 aliphatic carbocycles. The van der Waals surface area contributed by atoms with E-state index >= 15 is 0 Å². The first-order valence-corrected chi connectivity index (χ1v) is 9.37. The maximum absolute atomic E-state index is 12.0. The third kappa shape index (κ3) is 5.82.